The number of morpholine rings is 1. The van der Waals surface area contributed by atoms with E-state index in [0.29, 0.717) is 68.2 Å². The Kier molecular flexibility index (Phi) is 5.02. The topological polar surface area (TPSA) is 127 Å². The van der Waals surface area contributed by atoms with E-state index in [4.69, 9.17) is 29.8 Å². The molecule has 0 radical (unpaired) electrons. The molecule has 0 saturated carbocycles. The van der Waals surface area contributed by atoms with E-state index in [2.05, 4.69) is 14.8 Å². The molecule has 11 nitrogen and oxygen atoms in total. The highest BCUT2D eigenvalue weighted by Crippen LogP contribution is 2.26. The molecule has 0 bridgehead atoms. The summed E-state index contributed by atoms with van der Waals surface area (Å²) in [5.74, 6) is 1.88. The Hall–Kier alpha value is -3.47. The number of ether oxygens (including phenoxy) is 1. The lowest BCUT2D eigenvalue weighted by Gasteiger charge is -2.35. The fourth-order valence-electron chi connectivity index (χ4n) is 3.83. The predicted molar refractivity (Wildman–Crippen MR) is 115 cm³/mol. The monoisotopic (exact) mass is 424 g/mol. The number of rotatable bonds is 3. The van der Waals surface area contributed by atoms with E-state index in [1.165, 1.54) is 0 Å². The fraction of sp³-hybridized carbons (Fsp3) is 0.450. The number of aromatic nitrogens is 4. The van der Waals surface area contributed by atoms with E-state index in [0.717, 1.165) is 18.7 Å². The van der Waals surface area contributed by atoms with Gasteiger partial charge in [-0.05, 0) is 18.2 Å². The van der Waals surface area contributed by atoms with Gasteiger partial charge >= 0.3 is 0 Å². The molecule has 2 aliphatic rings. The van der Waals surface area contributed by atoms with Crippen LogP contribution >= 0.6 is 0 Å². The second-order valence-corrected chi connectivity index (χ2v) is 7.59. The number of nitrogens with zero attached hydrogens (tertiary/aromatic N) is 7. The molecule has 2 aliphatic heterocycles. The van der Waals surface area contributed by atoms with Crippen molar-refractivity contribution in [1.82, 2.24) is 24.8 Å². The summed E-state index contributed by atoms with van der Waals surface area (Å²) in [5, 5.41) is 0. The Labute approximate surface area is 178 Å². The van der Waals surface area contributed by atoms with Crippen molar-refractivity contribution in [3.63, 3.8) is 0 Å². The van der Waals surface area contributed by atoms with Crippen LogP contribution in [0.5, 0.6) is 0 Å². The number of fused-ring (bicyclic) bond motifs is 1. The second kappa shape index (κ2) is 7.99. The second-order valence-electron chi connectivity index (χ2n) is 7.59. The maximum Gasteiger partial charge on any atom is 0.292 e. The molecule has 4 heterocycles. The molecule has 11 heteroatoms. The van der Waals surface area contributed by atoms with Gasteiger partial charge in [-0.25, -0.2) is 0 Å². The lowest BCUT2D eigenvalue weighted by atomic mass is 10.2. The van der Waals surface area contributed by atoms with Gasteiger partial charge in [0.1, 0.15) is 5.52 Å². The fourth-order valence-corrected chi connectivity index (χ4v) is 3.83. The molecule has 2 fully saturated rings. The predicted octanol–water partition coefficient (Wildman–Crippen LogP) is 0.767. The third kappa shape index (κ3) is 3.96. The molecule has 0 aliphatic carbocycles. The van der Waals surface area contributed by atoms with Gasteiger partial charge in [-0.15, -0.1) is 0 Å². The molecule has 2 aromatic heterocycles. The van der Waals surface area contributed by atoms with Crippen molar-refractivity contribution in [1.29, 1.82) is 0 Å². The van der Waals surface area contributed by atoms with Crippen LogP contribution in [0.2, 0.25) is 0 Å². The molecule has 5 rings (SSSR count). The molecule has 0 unspecified atom stereocenters. The quantitative estimate of drug-likeness (QED) is 0.644. The lowest BCUT2D eigenvalue weighted by Crippen LogP contribution is -2.48. The zero-order valence-electron chi connectivity index (χ0n) is 17.3. The van der Waals surface area contributed by atoms with Crippen molar-refractivity contribution in [3.8, 4) is 11.4 Å². The largest absolute Gasteiger partial charge is 0.424 e. The molecule has 0 atom stereocenters. The Morgan fingerprint density at radius 2 is 1.61 bits per heavy atom. The van der Waals surface area contributed by atoms with Crippen LogP contribution in [0.4, 0.5) is 17.9 Å². The van der Waals surface area contributed by atoms with Gasteiger partial charge in [0.25, 0.3) is 6.01 Å². The number of oxazole rings is 1. The van der Waals surface area contributed by atoms with Gasteiger partial charge in [0.2, 0.25) is 17.8 Å². The van der Waals surface area contributed by atoms with Crippen LogP contribution in [0.25, 0.3) is 22.5 Å². The Bertz CT molecular complexity index is 1100. The van der Waals surface area contributed by atoms with Crippen molar-refractivity contribution >= 4 is 34.9 Å². The number of nitrogens with two attached hydrogens (primary N) is 1. The van der Waals surface area contributed by atoms with Crippen LogP contribution in [-0.2, 0) is 9.53 Å². The van der Waals surface area contributed by atoms with Crippen LogP contribution in [0.15, 0.2) is 22.6 Å². The van der Waals surface area contributed by atoms with E-state index < -0.39 is 0 Å². The first-order valence-electron chi connectivity index (χ1n) is 10.3. The maximum atomic E-state index is 11.7. The maximum absolute atomic E-state index is 11.7. The molecule has 1 amide bonds. The molecule has 31 heavy (non-hydrogen) atoms. The van der Waals surface area contributed by atoms with Gasteiger partial charge < -0.3 is 29.6 Å². The number of anilines is 3. The van der Waals surface area contributed by atoms with Crippen molar-refractivity contribution in [2.75, 3.05) is 68.0 Å². The number of amides is 1. The highest BCUT2D eigenvalue weighted by atomic mass is 16.5. The zero-order chi connectivity index (χ0) is 21.4. The van der Waals surface area contributed by atoms with E-state index in [1.807, 2.05) is 23.1 Å². The Morgan fingerprint density at radius 1 is 0.935 bits per heavy atom. The van der Waals surface area contributed by atoms with Crippen molar-refractivity contribution in [3.05, 3.63) is 18.2 Å². The van der Waals surface area contributed by atoms with Gasteiger partial charge in [-0.1, -0.05) is 0 Å². The first kappa shape index (κ1) is 19.5. The van der Waals surface area contributed by atoms with Crippen molar-refractivity contribution in [2.24, 2.45) is 0 Å². The molecule has 3 aromatic rings. The lowest BCUT2D eigenvalue weighted by molar-refractivity contribution is -0.129. The summed E-state index contributed by atoms with van der Waals surface area (Å²) >= 11 is 0. The Balaban J connectivity index is 1.51. The average molecular weight is 424 g/mol. The molecule has 1 aromatic carbocycles. The summed E-state index contributed by atoms with van der Waals surface area (Å²) in [6.45, 7) is 6.95. The van der Waals surface area contributed by atoms with Gasteiger partial charge in [-0.2, -0.15) is 19.9 Å². The molecular formula is C20H24N8O3. The van der Waals surface area contributed by atoms with Crippen LogP contribution in [0.3, 0.4) is 0 Å². The van der Waals surface area contributed by atoms with Crippen molar-refractivity contribution < 1.29 is 13.9 Å². The Morgan fingerprint density at radius 3 is 2.29 bits per heavy atom. The molecule has 2 N–H and O–H groups in total. The number of benzene rings is 1. The number of piperazine rings is 1. The van der Waals surface area contributed by atoms with Gasteiger partial charge in [0.05, 0.1) is 13.2 Å². The third-order valence-electron chi connectivity index (χ3n) is 5.58. The zero-order valence-corrected chi connectivity index (χ0v) is 17.3. The SMILES string of the molecule is CC(=O)N1CCN(c2nc(-c3ccc4oc(N)nc4c3)nc(N3CCOCC3)n2)CC1. The summed E-state index contributed by atoms with van der Waals surface area (Å²) in [7, 11) is 0. The van der Waals surface area contributed by atoms with Crippen LogP contribution in [0.1, 0.15) is 6.92 Å². The highest BCUT2D eigenvalue weighted by Gasteiger charge is 2.24. The third-order valence-corrected chi connectivity index (χ3v) is 5.58. The number of carbonyl (C=O) groups excluding carboxylic acids is 1. The summed E-state index contributed by atoms with van der Waals surface area (Å²) in [5.41, 5.74) is 7.76. The minimum atomic E-state index is 0.0881. The molecule has 0 spiro atoms. The van der Waals surface area contributed by atoms with E-state index in [9.17, 15) is 4.79 Å². The van der Waals surface area contributed by atoms with Gasteiger partial charge in [0.15, 0.2) is 11.4 Å². The number of hydrogen-bond acceptors (Lipinski definition) is 10. The van der Waals surface area contributed by atoms with E-state index in [1.54, 1.807) is 6.92 Å². The minimum Gasteiger partial charge on any atom is -0.424 e. The van der Waals surface area contributed by atoms with Crippen molar-refractivity contribution in [2.45, 2.75) is 6.92 Å². The summed E-state index contributed by atoms with van der Waals surface area (Å²) in [6, 6.07) is 5.70. The highest BCUT2D eigenvalue weighted by molar-refractivity contribution is 5.80. The molecule has 2 saturated heterocycles. The van der Waals surface area contributed by atoms with E-state index in [-0.39, 0.29) is 11.9 Å². The normalized spacial score (nSPS) is 17.4. The van der Waals surface area contributed by atoms with Crippen LogP contribution in [0, 0.1) is 0 Å². The number of carbonyl (C=O) groups is 1. The van der Waals surface area contributed by atoms with Crippen LogP contribution in [-0.4, -0.2) is 83.2 Å². The average Bonchev–Trinajstić information content (AvgIpc) is 3.18. The van der Waals surface area contributed by atoms with Gasteiger partial charge in [-0.3, -0.25) is 4.79 Å². The van der Waals surface area contributed by atoms with E-state index >= 15 is 0 Å². The number of hydrogen-bond donors (Lipinski definition) is 1. The van der Waals surface area contributed by atoms with Crippen LogP contribution < -0.4 is 15.5 Å². The summed E-state index contributed by atoms with van der Waals surface area (Å²) in [4.78, 5) is 36.2. The molecular weight excluding hydrogens is 400 g/mol. The minimum absolute atomic E-state index is 0.0881. The molecule has 162 valence electrons. The summed E-state index contributed by atoms with van der Waals surface area (Å²) < 4.78 is 10.9. The summed E-state index contributed by atoms with van der Waals surface area (Å²) in [6.07, 6.45) is 0. The number of nitrogen functional groups attached to an aromatic ring is 1. The smallest absolute Gasteiger partial charge is 0.292 e. The standard InChI is InChI=1S/C20H24N8O3/c1-13(29)26-4-6-27(7-5-26)19-23-17(24-20(25-19)28-8-10-30-11-9-28)14-2-3-16-15(12-14)22-18(21)31-16/h2-3,12H,4-11H2,1H3,(H2,21,22). The first-order valence-corrected chi connectivity index (χ1v) is 10.3. The van der Waals surface area contributed by atoms with Gasteiger partial charge in [0, 0.05) is 51.8 Å². The first-order chi connectivity index (χ1) is 15.1.